The van der Waals surface area contributed by atoms with E-state index in [2.05, 4.69) is 174 Å². The van der Waals surface area contributed by atoms with Crippen molar-refractivity contribution in [2.24, 2.45) is 0 Å². The quantitative estimate of drug-likeness (QED) is 0.178. The summed E-state index contributed by atoms with van der Waals surface area (Å²) in [4.78, 5) is 2.50. The molecule has 0 spiro atoms. The molecule has 48 heavy (non-hydrogen) atoms. The normalized spacial score (nSPS) is 13.4. The molecule has 0 unspecified atom stereocenters. The van der Waals surface area contributed by atoms with E-state index in [1.807, 2.05) is 0 Å². The van der Waals surface area contributed by atoms with Gasteiger partial charge in [0, 0.05) is 22.2 Å². The molecule has 0 atom stereocenters. The van der Waals surface area contributed by atoms with Crippen LogP contribution in [0.2, 0.25) is 0 Å². The van der Waals surface area contributed by atoms with Gasteiger partial charge >= 0.3 is 0 Å². The lowest BCUT2D eigenvalue weighted by Crippen LogP contribution is -2.17. The van der Waals surface area contributed by atoms with Crippen LogP contribution >= 0.6 is 0 Å². The first-order chi connectivity index (χ1) is 23.2. The molecule has 1 aliphatic rings. The maximum atomic E-state index is 2.51. The molecule has 0 N–H and O–H groups in total. The molecule has 1 aliphatic carbocycles. The molecule has 0 aromatic heterocycles. The van der Waals surface area contributed by atoms with Gasteiger partial charge in [-0.15, -0.1) is 0 Å². The molecule has 0 heterocycles. The molecule has 9 rings (SSSR count). The number of anilines is 3. The Bertz CT molecular complexity index is 2550. The first kappa shape index (κ1) is 28.8. The summed E-state index contributed by atoms with van der Waals surface area (Å²) in [6.07, 6.45) is 0. The van der Waals surface area contributed by atoms with Crippen LogP contribution in [0, 0.1) is 27.7 Å². The van der Waals surface area contributed by atoms with Crippen molar-refractivity contribution in [3.05, 3.63) is 161 Å². The molecule has 8 aromatic carbocycles. The van der Waals surface area contributed by atoms with Crippen LogP contribution in [0.4, 0.5) is 17.1 Å². The number of hydrogen-bond donors (Lipinski definition) is 0. The summed E-state index contributed by atoms with van der Waals surface area (Å²) in [5.74, 6) is 0. The van der Waals surface area contributed by atoms with Gasteiger partial charge in [0.1, 0.15) is 0 Å². The van der Waals surface area contributed by atoms with Crippen molar-refractivity contribution in [3.63, 3.8) is 0 Å². The predicted octanol–water partition coefficient (Wildman–Crippen LogP) is 13.3. The van der Waals surface area contributed by atoms with E-state index in [0.717, 1.165) is 0 Å². The van der Waals surface area contributed by atoms with E-state index in [0.29, 0.717) is 0 Å². The van der Waals surface area contributed by atoms with Crippen molar-refractivity contribution in [1.29, 1.82) is 0 Å². The van der Waals surface area contributed by atoms with Crippen molar-refractivity contribution in [2.45, 2.75) is 47.0 Å². The van der Waals surface area contributed by atoms with Crippen LogP contribution in [0.3, 0.4) is 0 Å². The van der Waals surface area contributed by atoms with E-state index in [1.54, 1.807) is 0 Å². The molecule has 0 fully saturated rings. The Morgan fingerprint density at radius 3 is 1.31 bits per heavy atom. The van der Waals surface area contributed by atoms with Gasteiger partial charge in [0.25, 0.3) is 0 Å². The molecular formula is C47H39N. The summed E-state index contributed by atoms with van der Waals surface area (Å²) in [6.45, 7) is 13.7. The standard InChI is InChI=1S/C47H39N/c1-28-19-29(2)22-32(21-28)48(33-23-30(3)20-31(4)24-33)45-27-44-46(39-18-12-11-17-38(39)45)42-25-40-36-15-9-7-13-34(36)35-14-8-10-16-37(35)41(40)26-43(42)47(44,5)6/h7-27H,1-6H3. The fraction of sp³-hybridized carbons (Fsp3) is 0.149. The van der Waals surface area contributed by atoms with Gasteiger partial charge in [-0.1, -0.05) is 98.8 Å². The van der Waals surface area contributed by atoms with Crippen molar-refractivity contribution in [2.75, 3.05) is 4.90 Å². The summed E-state index contributed by atoms with van der Waals surface area (Å²) in [5, 5.41) is 10.5. The van der Waals surface area contributed by atoms with Crippen LogP contribution in [-0.2, 0) is 5.41 Å². The molecule has 0 aliphatic heterocycles. The predicted molar refractivity (Wildman–Crippen MR) is 208 cm³/mol. The Hall–Kier alpha value is -5.40. The fourth-order valence-electron chi connectivity index (χ4n) is 8.73. The molecule has 0 saturated carbocycles. The largest absolute Gasteiger partial charge is 0.310 e. The zero-order valence-corrected chi connectivity index (χ0v) is 28.6. The number of benzene rings is 8. The van der Waals surface area contributed by atoms with Crippen LogP contribution < -0.4 is 4.90 Å². The molecule has 0 bridgehead atoms. The van der Waals surface area contributed by atoms with Gasteiger partial charge in [-0.25, -0.2) is 0 Å². The Balaban J connectivity index is 1.39. The molecular weight excluding hydrogens is 579 g/mol. The van der Waals surface area contributed by atoms with Gasteiger partial charge in [-0.2, -0.15) is 0 Å². The first-order valence-corrected chi connectivity index (χ1v) is 17.1. The summed E-state index contributed by atoms with van der Waals surface area (Å²) in [5.41, 5.74) is 14.0. The molecule has 1 heteroatoms. The Morgan fingerprint density at radius 1 is 0.396 bits per heavy atom. The summed E-state index contributed by atoms with van der Waals surface area (Å²) in [7, 11) is 0. The van der Waals surface area contributed by atoms with Gasteiger partial charge < -0.3 is 4.90 Å². The van der Waals surface area contributed by atoms with Gasteiger partial charge in [-0.3, -0.25) is 0 Å². The zero-order valence-electron chi connectivity index (χ0n) is 28.6. The monoisotopic (exact) mass is 617 g/mol. The Kier molecular flexibility index (Phi) is 6.18. The molecule has 8 aromatic rings. The number of aryl methyl sites for hydroxylation is 4. The van der Waals surface area contributed by atoms with Crippen molar-refractivity contribution in [3.8, 4) is 11.1 Å². The van der Waals surface area contributed by atoms with Crippen LogP contribution in [0.25, 0.3) is 54.2 Å². The lowest BCUT2D eigenvalue weighted by atomic mass is 9.80. The second-order valence-electron chi connectivity index (χ2n) is 14.6. The molecule has 0 amide bonds. The zero-order chi connectivity index (χ0) is 32.9. The second kappa shape index (κ2) is 10.3. The van der Waals surface area contributed by atoms with E-state index in [-0.39, 0.29) is 5.41 Å². The average molecular weight is 618 g/mol. The summed E-state index contributed by atoms with van der Waals surface area (Å²) < 4.78 is 0. The highest BCUT2D eigenvalue weighted by molar-refractivity contribution is 6.26. The number of rotatable bonds is 3. The number of nitrogens with zero attached hydrogens (tertiary/aromatic N) is 1. The van der Waals surface area contributed by atoms with E-state index < -0.39 is 0 Å². The summed E-state index contributed by atoms with van der Waals surface area (Å²) >= 11 is 0. The maximum Gasteiger partial charge on any atom is 0.0543 e. The number of fused-ring (bicyclic) bond motifs is 11. The average Bonchev–Trinajstić information content (AvgIpc) is 3.29. The van der Waals surface area contributed by atoms with E-state index >= 15 is 0 Å². The van der Waals surface area contributed by atoms with Crippen molar-refractivity contribution in [1.82, 2.24) is 0 Å². The van der Waals surface area contributed by atoms with Crippen LogP contribution in [0.5, 0.6) is 0 Å². The first-order valence-electron chi connectivity index (χ1n) is 17.1. The van der Waals surface area contributed by atoms with Gasteiger partial charge in [0.05, 0.1) is 5.69 Å². The molecule has 0 saturated heterocycles. The minimum atomic E-state index is -0.193. The molecule has 0 radical (unpaired) electrons. The molecule has 1 nitrogen and oxygen atoms in total. The van der Waals surface area contributed by atoms with Crippen molar-refractivity contribution < 1.29 is 0 Å². The Labute approximate surface area is 283 Å². The third-order valence-corrected chi connectivity index (χ3v) is 10.7. The topological polar surface area (TPSA) is 3.24 Å². The van der Waals surface area contributed by atoms with Crippen LogP contribution in [-0.4, -0.2) is 0 Å². The highest BCUT2D eigenvalue weighted by atomic mass is 15.1. The van der Waals surface area contributed by atoms with E-state index in [4.69, 9.17) is 0 Å². The van der Waals surface area contributed by atoms with Gasteiger partial charge in [0.15, 0.2) is 0 Å². The van der Waals surface area contributed by atoms with E-state index in [1.165, 1.54) is 105 Å². The third kappa shape index (κ3) is 4.17. The highest BCUT2D eigenvalue weighted by Crippen LogP contribution is 2.56. The SMILES string of the molecule is Cc1cc(C)cc(N(c2cc(C)cc(C)c2)c2cc3c(c4ccccc24)-c2cc4c5ccccc5c5ccccc5c4cc2C3(C)C)c1. The van der Waals surface area contributed by atoms with Gasteiger partial charge in [0.2, 0.25) is 0 Å². The lowest BCUT2D eigenvalue weighted by Gasteiger charge is -2.30. The third-order valence-electron chi connectivity index (χ3n) is 10.7. The fourth-order valence-corrected chi connectivity index (χ4v) is 8.73. The number of hydrogen-bond acceptors (Lipinski definition) is 1. The highest BCUT2D eigenvalue weighted by Gasteiger charge is 2.38. The summed E-state index contributed by atoms with van der Waals surface area (Å²) in [6, 6.07) is 48.3. The van der Waals surface area contributed by atoms with Gasteiger partial charge in [-0.05, 0) is 152 Å². The van der Waals surface area contributed by atoms with Crippen LogP contribution in [0.1, 0.15) is 47.2 Å². The lowest BCUT2D eigenvalue weighted by molar-refractivity contribution is 0.662. The minimum absolute atomic E-state index is 0.193. The van der Waals surface area contributed by atoms with Crippen molar-refractivity contribution >= 4 is 60.2 Å². The molecule has 232 valence electrons. The second-order valence-corrected chi connectivity index (χ2v) is 14.6. The van der Waals surface area contributed by atoms with Crippen LogP contribution in [0.15, 0.2) is 127 Å². The maximum absolute atomic E-state index is 2.51. The van der Waals surface area contributed by atoms with E-state index in [9.17, 15) is 0 Å². The smallest absolute Gasteiger partial charge is 0.0543 e. The minimum Gasteiger partial charge on any atom is -0.310 e. The Morgan fingerprint density at radius 2 is 0.812 bits per heavy atom.